The molecule has 5 heteroatoms. The summed E-state index contributed by atoms with van der Waals surface area (Å²) in [5, 5.41) is 7.91. The molecule has 0 amide bonds. The Kier molecular flexibility index (Phi) is 3.01. The molecule has 1 aliphatic rings. The van der Waals surface area contributed by atoms with Crippen molar-refractivity contribution in [2.24, 2.45) is 0 Å². The predicted octanol–water partition coefficient (Wildman–Crippen LogP) is 0.674. The first-order chi connectivity index (χ1) is 7.29. The molecule has 0 atom stereocenters. The summed E-state index contributed by atoms with van der Waals surface area (Å²) in [5.74, 6) is 1.37. The Hall–Kier alpha value is -1.36. The number of piperidine rings is 1. The predicted molar refractivity (Wildman–Crippen MR) is 58.7 cm³/mol. The number of aromatic nitrogens is 2. The summed E-state index contributed by atoms with van der Waals surface area (Å²) in [5.41, 5.74) is 5.49. The van der Waals surface area contributed by atoms with Crippen LogP contribution in [0.25, 0.3) is 0 Å². The van der Waals surface area contributed by atoms with Gasteiger partial charge in [0, 0.05) is 20.2 Å². The van der Waals surface area contributed by atoms with Crippen LogP contribution >= 0.6 is 0 Å². The number of hydrogen-bond donors (Lipinski definition) is 1. The fraction of sp³-hybridized carbons (Fsp3) is 0.600. The molecular formula is C10H16N4O. The molecule has 5 nitrogen and oxygen atoms in total. The molecular weight excluding hydrogens is 192 g/mol. The molecule has 0 aromatic carbocycles. The van der Waals surface area contributed by atoms with E-state index in [0.29, 0.717) is 11.9 Å². The molecule has 1 aliphatic heterocycles. The molecule has 0 unspecified atom stereocenters. The molecule has 2 rings (SSSR count). The van der Waals surface area contributed by atoms with Crippen LogP contribution in [0.15, 0.2) is 12.1 Å². The third-order valence-corrected chi connectivity index (χ3v) is 2.77. The smallest absolute Gasteiger partial charge is 0.151 e. The number of anilines is 2. The lowest BCUT2D eigenvalue weighted by Crippen LogP contribution is -2.37. The van der Waals surface area contributed by atoms with Crippen molar-refractivity contribution in [1.29, 1.82) is 0 Å². The van der Waals surface area contributed by atoms with Crippen molar-refractivity contribution in [3.05, 3.63) is 12.1 Å². The maximum atomic E-state index is 5.49. The molecule has 1 fully saturated rings. The third kappa shape index (κ3) is 2.36. The third-order valence-electron chi connectivity index (χ3n) is 2.77. The second kappa shape index (κ2) is 4.44. The average Bonchev–Trinajstić information content (AvgIpc) is 2.30. The zero-order chi connectivity index (χ0) is 10.7. The highest BCUT2D eigenvalue weighted by molar-refractivity contribution is 5.41. The highest BCUT2D eigenvalue weighted by atomic mass is 16.5. The summed E-state index contributed by atoms with van der Waals surface area (Å²) in [4.78, 5) is 2.21. The Morgan fingerprint density at radius 1 is 1.33 bits per heavy atom. The van der Waals surface area contributed by atoms with Gasteiger partial charge in [0.15, 0.2) is 5.82 Å². The van der Waals surface area contributed by atoms with Gasteiger partial charge in [0.1, 0.15) is 5.82 Å². The Balaban J connectivity index is 1.98. The monoisotopic (exact) mass is 208 g/mol. The van der Waals surface area contributed by atoms with Crippen molar-refractivity contribution >= 4 is 11.6 Å². The van der Waals surface area contributed by atoms with Gasteiger partial charge in [-0.3, -0.25) is 0 Å². The van der Waals surface area contributed by atoms with Crippen molar-refractivity contribution in [1.82, 2.24) is 10.2 Å². The van der Waals surface area contributed by atoms with Gasteiger partial charge in [0.2, 0.25) is 0 Å². The van der Waals surface area contributed by atoms with Crippen LogP contribution < -0.4 is 10.6 Å². The maximum absolute atomic E-state index is 5.49. The second-order valence-corrected chi connectivity index (χ2v) is 3.74. The fourth-order valence-corrected chi connectivity index (χ4v) is 1.82. The number of nitrogens with zero attached hydrogens (tertiary/aromatic N) is 3. The molecule has 0 radical (unpaired) electrons. The SMILES string of the molecule is COC1CCN(c2ccc(N)nn2)CC1. The quantitative estimate of drug-likeness (QED) is 0.774. The van der Waals surface area contributed by atoms with E-state index in [-0.39, 0.29) is 0 Å². The minimum absolute atomic E-state index is 0.392. The van der Waals surface area contributed by atoms with Crippen LogP contribution in [0, 0.1) is 0 Å². The van der Waals surface area contributed by atoms with Gasteiger partial charge in [-0.05, 0) is 25.0 Å². The molecule has 0 aliphatic carbocycles. The first kappa shape index (κ1) is 10.2. The number of methoxy groups -OCH3 is 1. The molecule has 0 spiro atoms. The normalized spacial score (nSPS) is 18.1. The van der Waals surface area contributed by atoms with Crippen LogP contribution in [-0.2, 0) is 4.74 Å². The fourth-order valence-electron chi connectivity index (χ4n) is 1.82. The largest absolute Gasteiger partial charge is 0.382 e. The van der Waals surface area contributed by atoms with Gasteiger partial charge in [-0.15, -0.1) is 10.2 Å². The van der Waals surface area contributed by atoms with Crippen molar-refractivity contribution in [2.75, 3.05) is 30.8 Å². The number of rotatable bonds is 2. The average molecular weight is 208 g/mol. The van der Waals surface area contributed by atoms with E-state index >= 15 is 0 Å². The van der Waals surface area contributed by atoms with E-state index in [0.717, 1.165) is 31.7 Å². The lowest BCUT2D eigenvalue weighted by atomic mass is 10.1. The minimum Gasteiger partial charge on any atom is -0.382 e. The van der Waals surface area contributed by atoms with Crippen LogP contribution in [0.2, 0.25) is 0 Å². The Morgan fingerprint density at radius 2 is 2.07 bits per heavy atom. The molecule has 0 bridgehead atoms. The Labute approximate surface area is 89.2 Å². The van der Waals surface area contributed by atoms with Crippen LogP contribution in [0.1, 0.15) is 12.8 Å². The molecule has 1 saturated heterocycles. The van der Waals surface area contributed by atoms with E-state index in [1.54, 1.807) is 13.2 Å². The number of ether oxygens (including phenoxy) is 1. The lowest BCUT2D eigenvalue weighted by molar-refractivity contribution is 0.0818. The van der Waals surface area contributed by atoms with Gasteiger partial charge in [0.25, 0.3) is 0 Å². The van der Waals surface area contributed by atoms with E-state index in [2.05, 4.69) is 15.1 Å². The highest BCUT2D eigenvalue weighted by Gasteiger charge is 2.19. The zero-order valence-electron chi connectivity index (χ0n) is 8.89. The number of hydrogen-bond acceptors (Lipinski definition) is 5. The number of nitrogens with two attached hydrogens (primary N) is 1. The zero-order valence-corrected chi connectivity index (χ0v) is 8.89. The summed E-state index contributed by atoms with van der Waals surface area (Å²) >= 11 is 0. The molecule has 1 aromatic heterocycles. The van der Waals surface area contributed by atoms with Crippen LogP contribution in [0.3, 0.4) is 0 Å². The topological polar surface area (TPSA) is 64.3 Å². The van der Waals surface area contributed by atoms with Crippen molar-refractivity contribution < 1.29 is 4.74 Å². The van der Waals surface area contributed by atoms with E-state index < -0.39 is 0 Å². The van der Waals surface area contributed by atoms with Gasteiger partial charge in [-0.1, -0.05) is 0 Å². The highest BCUT2D eigenvalue weighted by Crippen LogP contribution is 2.18. The lowest BCUT2D eigenvalue weighted by Gasteiger charge is -2.31. The van der Waals surface area contributed by atoms with Crippen molar-refractivity contribution in [3.63, 3.8) is 0 Å². The second-order valence-electron chi connectivity index (χ2n) is 3.74. The van der Waals surface area contributed by atoms with E-state index in [1.165, 1.54) is 0 Å². The number of nitrogen functional groups attached to an aromatic ring is 1. The minimum atomic E-state index is 0.392. The summed E-state index contributed by atoms with van der Waals surface area (Å²) in [6.45, 7) is 1.94. The standard InChI is InChI=1S/C10H16N4O/c1-15-8-4-6-14(7-5-8)10-3-2-9(11)12-13-10/h2-3,8H,4-7H2,1H3,(H2,11,12). The maximum Gasteiger partial charge on any atom is 0.151 e. The van der Waals surface area contributed by atoms with Crippen molar-refractivity contribution in [2.45, 2.75) is 18.9 Å². The molecule has 0 saturated carbocycles. The summed E-state index contributed by atoms with van der Waals surface area (Å²) in [6, 6.07) is 3.69. The van der Waals surface area contributed by atoms with Gasteiger partial charge >= 0.3 is 0 Å². The van der Waals surface area contributed by atoms with E-state index in [9.17, 15) is 0 Å². The molecule has 15 heavy (non-hydrogen) atoms. The van der Waals surface area contributed by atoms with Crippen LogP contribution in [0.4, 0.5) is 11.6 Å². The van der Waals surface area contributed by atoms with E-state index in [4.69, 9.17) is 10.5 Å². The Morgan fingerprint density at radius 3 is 2.60 bits per heavy atom. The van der Waals surface area contributed by atoms with Crippen LogP contribution in [0.5, 0.6) is 0 Å². The van der Waals surface area contributed by atoms with Gasteiger partial charge in [0.05, 0.1) is 6.10 Å². The first-order valence-electron chi connectivity index (χ1n) is 5.16. The summed E-state index contributed by atoms with van der Waals surface area (Å²) in [6.07, 6.45) is 2.48. The van der Waals surface area contributed by atoms with Gasteiger partial charge in [-0.25, -0.2) is 0 Å². The van der Waals surface area contributed by atoms with Crippen molar-refractivity contribution in [3.8, 4) is 0 Å². The Bertz CT molecular complexity index is 306. The molecule has 2 heterocycles. The summed E-state index contributed by atoms with van der Waals surface area (Å²) < 4.78 is 5.31. The molecule has 1 aromatic rings. The summed E-state index contributed by atoms with van der Waals surface area (Å²) in [7, 11) is 1.77. The van der Waals surface area contributed by atoms with Gasteiger partial charge in [-0.2, -0.15) is 0 Å². The van der Waals surface area contributed by atoms with E-state index in [1.807, 2.05) is 6.07 Å². The molecule has 82 valence electrons. The van der Waals surface area contributed by atoms with Crippen LogP contribution in [-0.4, -0.2) is 36.5 Å². The molecule has 2 N–H and O–H groups in total. The first-order valence-corrected chi connectivity index (χ1v) is 5.16. The van der Waals surface area contributed by atoms with Gasteiger partial charge < -0.3 is 15.4 Å².